The number of aryl methyl sites for hydroxylation is 1. The number of nitrogens with zero attached hydrogens (tertiary/aromatic N) is 6. The summed E-state index contributed by atoms with van der Waals surface area (Å²) in [6, 6.07) is 18.2. The Hall–Kier alpha value is -5.09. The van der Waals surface area contributed by atoms with E-state index >= 15 is 0 Å². The molecule has 0 radical (unpaired) electrons. The molecule has 1 saturated heterocycles. The fourth-order valence-corrected chi connectivity index (χ4v) is 4.90. The molecule has 10 heteroatoms. The maximum Gasteiger partial charge on any atom is 0.178 e. The number of morpholine rings is 1. The Morgan fingerprint density at radius 2 is 1.68 bits per heavy atom. The van der Waals surface area contributed by atoms with Gasteiger partial charge in [0.2, 0.25) is 0 Å². The molecule has 7 rings (SSSR count). The van der Waals surface area contributed by atoms with E-state index in [0.29, 0.717) is 11.5 Å². The number of ether oxygens (including phenoxy) is 1. The Balaban J connectivity index is 1.11. The zero-order valence-corrected chi connectivity index (χ0v) is 21.9. The van der Waals surface area contributed by atoms with E-state index in [9.17, 15) is 0 Å². The highest BCUT2D eigenvalue weighted by Gasteiger charge is 2.14. The summed E-state index contributed by atoms with van der Waals surface area (Å²) in [5.74, 6) is 0.662. The number of fused-ring (bicyclic) bond motifs is 2. The van der Waals surface area contributed by atoms with Crippen LogP contribution in [-0.4, -0.2) is 56.2 Å². The number of H-pyrrole nitrogens is 1. The van der Waals surface area contributed by atoms with Crippen LogP contribution in [0.3, 0.4) is 0 Å². The third-order valence-corrected chi connectivity index (χ3v) is 6.91. The standard InChI is InChI=1S/C30H27N9O/c1-19-14-20(6-8-31-19)35-22-15-28-29(34-18-22)38-30(37-28)27-4-2-21(17-33-27)36-26-7-9-32-25-5-3-23(16-24(25)26)39-10-12-40-13-11-39/h2-9,14-18H,10-13H2,1H3,(H,31,35)(H,32,36)(H,34,37,38). The van der Waals surface area contributed by atoms with Gasteiger partial charge in [0.1, 0.15) is 5.69 Å². The molecule has 1 fully saturated rings. The molecule has 1 aromatic carbocycles. The third kappa shape index (κ3) is 4.87. The Labute approximate surface area is 230 Å². The lowest BCUT2D eigenvalue weighted by molar-refractivity contribution is 0.122. The van der Waals surface area contributed by atoms with E-state index in [4.69, 9.17) is 4.74 Å². The Morgan fingerprint density at radius 1 is 0.800 bits per heavy atom. The minimum atomic E-state index is 0.634. The van der Waals surface area contributed by atoms with Crippen LogP contribution in [0.5, 0.6) is 0 Å². The average molecular weight is 530 g/mol. The Morgan fingerprint density at radius 3 is 2.52 bits per heavy atom. The molecule has 0 aliphatic carbocycles. The summed E-state index contributed by atoms with van der Waals surface area (Å²) < 4.78 is 5.51. The molecule has 198 valence electrons. The van der Waals surface area contributed by atoms with Crippen molar-refractivity contribution in [3.63, 3.8) is 0 Å². The molecule has 0 saturated carbocycles. The number of benzene rings is 1. The highest BCUT2D eigenvalue weighted by atomic mass is 16.5. The van der Waals surface area contributed by atoms with Crippen LogP contribution in [0, 0.1) is 6.92 Å². The number of imidazole rings is 1. The largest absolute Gasteiger partial charge is 0.378 e. The summed E-state index contributed by atoms with van der Waals surface area (Å²) in [4.78, 5) is 28.3. The first-order valence-corrected chi connectivity index (χ1v) is 13.2. The second-order valence-corrected chi connectivity index (χ2v) is 9.71. The SMILES string of the molecule is Cc1cc(Nc2cnc3nc(-c4ccc(Nc5ccnc6ccc(N7CCOCC7)cc56)cn4)[nH]c3c2)ccn1. The summed E-state index contributed by atoms with van der Waals surface area (Å²) in [6.07, 6.45) is 7.18. The molecular formula is C30H27N9O. The van der Waals surface area contributed by atoms with E-state index in [0.717, 1.165) is 76.9 Å². The molecular weight excluding hydrogens is 502 g/mol. The van der Waals surface area contributed by atoms with Gasteiger partial charge in [0.25, 0.3) is 0 Å². The number of hydrogen-bond acceptors (Lipinski definition) is 9. The van der Waals surface area contributed by atoms with Gasteiger partial charge in [0.15, 0.2) is 11.5 Å². The van der Waals surface area contributed by atoms with E-state index < -0.39 is 0 Å². The second kappa shape index (κ2) is 10.2. The summed E-state index contributed by atoms with van der Waals surface area (Å²) in [6.45, 7) is 5.24. The van der Waals surface area contributed by atoms with Gasteiger partial charge in [0, 0.05) is 53.6 Å². The number of aromatic amines is 1. The normalized spacial score (nSPS) is 13.6. The van der Waals surface area contributed by atoms with Crippen LogP contribution < -0.4 is 15.5 Å². The van der Waals surface area contributed by atoms with E-state index in [1.807, 2.05) is 55.7 Å². The van der Waals surface area contributed by atoms with Gasteiger partial charge >= 0.3 is 0 Å². The van der Waals surface area contributed by atoms with Crippen LogP contribution in [0.15, 0.2) is 79.4 Å². The first-order valence-electron chi connectivity index (χ1n) is 13.2. The number of nitrogens with one attached hydrogen (secondary N) is 3. The van der Waals surface area contributed by atoms with Crippen molar-refractivity contribution in [1.29, 1.82) is 0 Å². The molecule has 0 atom stereocenters. The fraction of sp³-hybridized carbons (Fsp3) is 0.167. The number of aromatic nitrogens is 6. The van der Waals surface area contributed by atoms with Crippen LogP contribution in [0.4, 0.5) is 28.4 Å². The Kier molecular flexibility index (Phi) is 6.14. The highest BCUT2D eigenvalue weighted by molar-refractivity contribution is 5.95. The van der Waals surface area contributed by atoms with E-state index in [1.54, 1.807) is 12.4 Å². The minimum Gasteiger partial charge on any atom is -0.378 e. The van der Waals surface area contributed by atoms with E-state index in [1.165, 1.54) is 5.69 Å². The topological polar surface area (TPSA) is 117 Å². The van der Waals surface area contributed by atoms with Crippen LogP contribution in [0.1, 0.15) is 5.69 Å². The van der Waals surface area contributed by atoms with Gasteiger partial charge in [-0.3, -0.25) is 15.0 Å². The zero-order chi connectivity index (χ0) is 26.9. The van der Waals surface area contributed by atoms with Gasteiger partial charge in [-0.25, -0.2) is 9.97 Å². The average Bonchev–Trinajstić information content (AvgIpc) is 3.42. The Bertz CT molecular complexity index is 1810. The van der Waals surface area contributed by atoms with Crippen LogP contribution in [-0.2, 0) is 4.74 Å². The monoisotopic (exact) mass is 529 g/mol. The summed E-state index contributed by atoms with van der Waals surface area (Å²) in [5.41, 5.74) is 8.93. The molecule has 3 N–H and O–H groups in total. The van der Waals surface area contributed by atoms with E-state index in [2.05, 4.69) is 63.6 Å². The summed E-state index contributed by atoms with van der Waals surface area (Å²) >= 11 is 0. The van der Waals surface area contributed by atoms with Crippen molar-refractivity contribution in [2.75, 3.05) is 41.8 Å². The maximum atomic E-state index is 5.51. The van der Waals surface area contributed by atoms with E-state index in [-0.39, 0.29) is 0 Å². The highest BCUT2D eigenvalue weighted by Crippen LogP contribution is 2.30. The van der Waals surface area contributed by atoms with Crippen molar-refractivity contribution in [2.45, 2.75) is 6.92 Å². The van der Waals surface area contributed by atoms with Crippen molar-refractivity contribution in [3.05, 3.63) is 85.1 Å². The predicted octanol–water partition coefficient (Wildman–Crippen LogP) is 5.60. The molecule has 6 aromatic rings. The molecule has 0 unspecified atom stereocenters. The van der Waals surface area contributed by atoms with Gasteiger partial charge in [0.05, 0.1) is 48.0 Å². The number of rotatable bonds is 6. The molecule has 0 amide bonds. The lowest BCUT2D eigenvalue weighted by Crippen LogP contribution is -2.36. The molecule has 10 nitrogen and oxygen atoms in total. The van der Waals surface area contributed by atoms with Crippen LogP contribution in [0.2, 0.25) is 0 Å². The molecule has 0 bridgehead atoms. The molecule has 0 spiro atoms. The number of pyridine rings is 4. The van der Waals surface area contributed by atoms with Gasteiger partial charge in [-0.2, -0.15) is 0 Å². The first-order chi connectivity index (χ1) is 19.7. The van der Waals surface area contributed by atoms with Gasteiger partial charge in [-0.1, -0.05) is 0 Å². The molecule has 5 aromatic heterocycles. The van der Waals surface area contributed by atoms with Crippen molar-refractivity contribution in [1.82, 2.24) is 29.9 Å². The fourth-order valence-electron chi connectivity index (χ4n) is 4.90. The van der Waals surface area contributed by atoms with Crippen molar-refractivity contribution in [3.8, 4) is 11.5 Å². The van der Waals surface area contributed by atoms with Crippen LogP contribution >= 0.6 is 0 Å². The van der Waals surface area contributed by atoms with Crippen molar-refractivity contribution < 1.29 is 4.74 Å². The minimum absolute atomic E-state index is 0.634. The first kappa shape index (κ1) is 24.0. The maximum absolute atomic E-state index is 5.51. The smallest absolute Gasteiger partial charge is 0.178 e. The summed E-state index contributed by atoms with van der Waals surface area (Å²) in [7, 11) is 0. The predicted molar refractivity (Wildman–Crippen MR) is 157 cm³/mol. The van der Waals surface area contributed by atoms with Gasteiger partial charge in [-0.05, 0) is 61.5 Å². The molecule has 1 aliphatic heterocycles. The third-order valence-electron chi connectivity index (χ3n) is 6.91. The van der Waals surface area contributed by atoms with Gasteiger partial charge in [-0.15, -0.1) is 0 Å². The lowest BCUT2D eigenvalue weighted by Gasteiger charge is -2.29. The molecule has 1 aliphatic rings. The van der Waals surface area contributed by atoms with Gasteiger partial charge < -0.3 is 25.3 Å². The lowest BCUT2D eigenvalue weighted by atomic mass is 10.1. The summed E-state index contributed by atoms with van der Waals surface area (Å²) in [5, 5.41) is 7.94. The quantitative estimate of drug-likeness (QED) is 0.254. The second-order valence-electron chi connectivity index (χ2n) is 9.71. The zero-order valence-electron chi connectivity index (χ0n) is 21.9. The molecule has 6 heterocycles. The molecule has 40 heavy (non-hydrogen) atoms. The number of anilines is 5. The number of hydrogen-bond donors (Lipinski definition) is 3. The van der Waals surface area contributed by atoms with Crippen molar-refractivity contribution in [2.24, 2.45) is 0 Å². The van der Waals surface area contributed by atoms with Crippen LogP contribution in [0.25, 0.3) is 33.6 Å². The van der Waals surface area contributed by atoms with Crippen molar-refractivity contribution >= 4 is 50.5 Å².